The van der Waals surface area contributed by atoms with Gasteiger partial charge in [-0.1, -0.05) is 18.6 Å². The zero-order chi connectivity index (χ0) is 16.7. The highest BCUT2D eigenvalue weighted by atomic mass is 19.3. The van der Waals surface area contributed by atoms with Crippen molar-refractivity contribution in [1.29, 1.82) is 0 Å². The van der Waals surface area contributed by atoms with Gasteiger partial charge in [-0.05, 0) is 44.7 Å². The Morgan fingerprint density at radius 1 is 1.13 bits per heavy atom. The van der Waals surface area contributed by atoms with Gasteiger partial charge in [0.25, 0.3) is 5.91 Å². The van der Waals surface area contributed by atoms with Crippen LogP contribution in [-0.4, -0.2) is 31.7 Å². The molecule has 1 saturated heterocycles. The molecule has 0 spiro atoms. The predicted molar refractivity (Wildman–Crippen MR) is 84.9 cm³/mol. The fourth-order valence-electron chi connectivity index (χ4n) is 2.99. The lowest BCUT2D eigenvalue weighted by atomic mass is 10.1. The van der Waals surface area contributed by atoms with E-state index in [0.29, 0.717) is 0 Å². The van der Waals surface area contributed by atoms with E-state index in [1.54, 1.807) is 18.2 Å². The van der Waals surface area contributed by atoms with Crippen LogP contribution >= 0.6 is 0 Å². The highest BCUT2D eigenvalue weighted by Gasteiger charge is 2.26. The second-order valence-corrected chi connectivity index (χ2v) is 6.01. The van der Waals surface area contributed by atoms with Crippen LogP contribution < -0.4 is 15.0 Å². The fraction of sp³-hybridized carbons (Fsp3) is 0.588. The summed E-state index contributed by atoms with van der Waals surface area (Å²) in [6, 6.07) is 6.07. The van der Waals surface area contributed by atoms with Crippen molar-refractivity contribution in [2.75, 3.05) is 18.4 Å². The summed E-state index contributed by atoms with van der Waals surface area (Å²) in [7, 11) is 0. The fourth-order valence-corrected chi connectivity index (χ4v) is 2.99. The Balaban J connectivity index is 2.00. The van der Waals surface area contributed by atoms with Crippen molar-refractivity contribution in [3.8, 4) is 5.75 Å². The number of quaternary nitrogens is 1. The second-order valence-electron chi connectivity index (χ2n) is 6.01. The molecule has 1 aliphatic heterocycles. The molecular formula is C17H25F2N2O2+. The molecule has 1 amide bonds. The summed E-state index contributed by atoms with van der Waals surface area (Å²) < 4.78 is 29.3. The number of ether oxygens (including phenoxy) is 1. The van der Waals surface area contributed by atoms with E-state index in [4.69, 9.17) is 0 Å². The minimum atomic E-state index is -2.91. The lowest BCUT2D eigenvalue weighted by molar-refractivity contribution is -0.914. The average molecular weight is 327 g/mol. The molecule has 23 heavy (non-hydrogen) atoms. The third kappa shape index (κ3) is 5.46. The van der Waals surface area contributed by atoms with Crippen molar-refractivity contribution >= 4 is 11.6 Å². The largest absolute Gasteiger partial charge is 0.433 e. The first-order chi connectivity index (χ1) is 11.1. The summed E-state index contributed by atoms with van der Waals surface area (Å²) in [5, 5.41) is 2.73. The van der Waals surface area contributed by atoms with Crippen LogP contribution in [0.1, 0.15) is 39.0 Å². The summed E-state index contributed by atoms with van der Waals surface area (Å²) in [6.45, 7) is 0.932. The van der Waals surface area contributed by atoms with Gasteiger partial charge >= 0.3 is 6.61 Å². The van der Waals surface area contributed by atoms with Gasteiger partial charge < -0.3 is 15.0 Å². The van der Waals surface area contributed by atoms with Gasteiger partial charge in [0.15, 0.2) is 6.04 Å². The number of amides is 1. The van der Waals surface area contributed by atoms with Crippen LogP contribution in [0, 0.1) is 0 Å². The maximum absolute atomic E-state index is 12.5. The molecule has 1 aliphatic rings. The Kier molecular flexibility index (Phi) is 6.77. The molecule has 0 unspecified atom stereocenters. The molecule has 0 bridgehead atoms. The van der Waals surface area contributed by atoms with Gasteiger partial charge in [-0.2, -0.15) is 8.78 Å². The molecule has 1 aromatic rings. The van der Waals surface area contributed by atoms with Crippen LogP contribution in [0.4, 0.5) is 14.5 Å². The minimum absolute atomic E-state index is 0.00860. The van der Waals surface area contributed by atoms with Gasteiger partial charge in [0, 0.05) is 0 Å². The first-order valence-electron chi connectivity index (χ1n) is 8.27. The maximum Gasteiger partial charge on any atom is 0.387 e. The summed E-state index contributed by atoms with van der Waals surface area (Å²) in [6.07, 6.45) is 5.94. The Hall–Kier alpha value is -1.69. The molecule has 0 radical (unpaired) electrons. The quantitative estimate of drug-likeness (QED) is 0.872. The molecule has 0 aliphatic carbocycles. The molecule has 1 aromatic carbocycles. The number of alkyl halides is 2. The van der Waals surface area contributed by atoms with E-state index in [-0.39, 0.29) is 23.4 Å². The number of para-hydroxylation sites is 2. The van der Waals surface area contributed by atoms with E-state index in [9.17, 15) is 13.6 Å². The number of anilines is 1. The zero-order valence-corrected chi connectivity index (χ0v) is 13.5. The SMILES string of the molecule is C[C@@H](C(=O)Nc1ccccc1OC(F)F)[NH+]1CCCCCCC1. The maximum atomic E-state index is 12.5. The minimum Gasteiger partial charge on any atom is -0.433 e. The van der Waals surface area contributed by atoms with E-state index in [2.05, 4.69) is 10.1 Å². The highest BCUT2D eigenvalue weighted by molar-refractivity contribution is 5.94. The van der Waals surface area contributed by atoms with Gasteiger partial charge in [-0.25, -0.2) is 0 Å². The number of hydrogen-bond acceptors (Lipinski definition) is 2. The molecular weight excluding hydrogens is 302 g/mol. The monoisotopic (exact) mass is 327 g/mol. The van der Waals surface area contributed by atoms with Crippen LogP contribution in [0.2, 0.25) is 0 Å². The Labute approximate surface area is 135 Å². The van der Waals surface area contributed by atoms with Crippen molar-refractivity contribution < 1.29 is 23.2 Å². The van der Waals surface area contributed by atoms with E-state index in [0.717, 1.165) is 25.9 Å². The zero-order valence-electron chi connectivity index (χ0n) is 13.5. The first-order valence-corrected chi connectivity index (χ1v) is 8.27. The van der Waals surface area contributed by atoms with Gasteiger partial charge in [-0.15, -0.1) is 0 Å². The average Bonchev–Trinajstić information content (AvgIpc) is 2.48. The van der Waals surface area contributed by atoms with Gasteiger partial charge in [0.1, 0.15) is 5.75 Å². The number of likely N-dealkylation sites (tertiary alicyclic amines) is 1. The van der Waals surface area contributed by atoms with E-state index in [1.165, 1.54) is 30.2 Å². The molecule has 1 heterocycles. The Bertz CT molecular complexity index is 503. The Morgan fingerprint density at radius 3 is 2.39 bits per heavy atom. The number of halogens is 2. The van der Waals surface area contributed by atoms with E-state index >= 15 is 0 Å². The standard InChI is InChI=1S/C17H24F2N2O2/c1-13(21-11-7-3-2-4-8-12-21)16(22)20-14-9-5-6-10-15(14)23-17(18)19/h5-6,9-10,13,17H,2-4,7-8,11-12H2,1H3,(H,20,22)/p+1/t13-/m0/s1. The third-order valence-corrected chi connectivity index (χ3v) is 4.36. The summed E-state index contributed by atoms with van der Waals surface area (Å²) in [4.78, 5) is 13.7. The number of carbonyl (C=O) groups is 1. The molecule has 128 valence electrons. The molecule has 2 rings (SSSR count). The van der Waals surface area contributed by atoms with Crippen molar-refractivity contribution in [3.63, 3.8) is 0 Å². The van der Waals surface area contributed by atoms with Crippen molar-refractivity contribution in [1.82, 2.24) is 0 Å². The molecule has 1 atom stereocenters. The van der Waals surface area contributed by atoms with Crippen LogP contribution in [0.25, 0.3) is 0 Å². The van der Waals surface area contributed by atoms with Crippen molar-refractivity contribution in [3.05, 3.63) is 24.3 Å². The molecule has 1 fully saturated rings. The van der Waals surface area contributed by atoms with Gasteiger partial charge in [-0.3, -0.25) is 4.79 Å². The lowest BCUT2D eigenvalue weighted by Gasteiger charge is -2.27. The van der Waals surface area contributed by atoms with E-state index in [1.807, 2.05) is 6.92 Å². The number of benzene rings is 1. The number of carbonyl (C=O) groups excluding carboxylic acids is 1. The van der Waals surface area contributed by atoms with Crippen LogP contribution in [-0.2, 0) is 4.79 Å². The molecule has 4 nitrogen and oxygen atoms in total. The van der Waals surface area contributed by atoms with Crippen molar-refractivity contribution in [2.24, 2.45) is 0 Å². The number of rotatable bonds is 5. The molecule has 2 N–H and O–H groups in total. The second kappa shape index (κ2) is 8.82. The van der Waals surface area contributed by atoms with Gasteiger partial charge in [0.2, 0.25) is 0 Å². The highest BCUT2D eigenvalue weighted by Crippen LogP contribution is 2.25. The topological polar surface area (TPSA) is 42.8 Å². The summed E-state index contributed by atoms with van der Waals surface area (Å²) >= 11 is 0. The number of hydrogen-bond donors (Lipinski definition) is 2. The molecule has 0 aromatic heterocycles. The van der Waals surface area contributed by atoms with Crippen LogP contribution in [0.3, 0.4) is 0 Å². The van der Waals surface area contributed by atoms with Gasteiger partial charge in [0.05, 0.1) is 18.8 Å². The normalized spacial score (nSPS) is 18.1. The number of nitrogens with one attached hydrogen (secondary N) is 2. The van der Waals surface area contributed by atoms with Crippen LogP contribution in [0.5, 0.6) is 5.75 Å². The third-order valence-electron chi connectivity index (χ3n) is 4.36. The molecule has 6 heteroatoms. The summed E-state index contributed by atoms with van der Waals surface area (Å²) in [5.74, 6) is -0.170. The van der Waals surface area contributed by atoms with Crippen LogP contribution in [0.15, 0.2) is 24.3 Å². The first kappa shape index (κ1) is 17.7. The lowest BCUT2D eigenvalue weighted by Crippen LogP contribution is -3.16. The molecule has 0 saturated carbocycles. The predicted octanol–water partition coefficient (Wildman–Crippen LogP) is 2.46. The van der Waals surface area contributed by atoms with Crippen molar-refractivity contribution in [2.45, 2.75) is 51.7 Å². The van der Waals surface area contributed by atoms with E-state index < -0.39 is 6.61 Å². The smallest absolute Gasteiger partial charge is 0.387 e. The Morgan fingerprint density at radius 2 is 1.74 bits per heavy atom. The summed E-state index contributed by atoms with van der Waals surface area (Å²) in [5.41, 5.74) is 0.288.